The maximum Gasteiger partial charge on any atom is 0.217 e. The molecule has 2 N–H and O–H groups in total. The van der Waals surface area contributed by atoms with Gasteiger partial charge in [0.25, 0.3) is 0 Å². The predicted molar refractivity (Wildman–Crippen MR) is 63.9 cm³/mol. The van der Waals surface area contributed by atoms with Crippen molar-refractivity contribution in [1.82, 2.24) is 15.8 Å². The second kappa shape index (κ2) is 5.25. The van der Waals surface area contributed by atoms with Crippen LogP contribution in [0.4, 0.5) is 0 Å². The number of nitrogens with zero attached hydrogens (tertiary/aromatic N) is 4. The summed E-state index contributed by atoms with van der Waals surface area (Å²) < 4.78 is 0. The molecule has 1 rings (SSSR count). The molecule has 16 heavy (non-hydrogen) atoms. The molecule has 0 amide bonds. The van der Waals surface area contributed by atoms with Crippen molar-refractivity contribution in [1.29, 1.82) is 5.26 Å². The lowest BCUT2D eigenvalue weighted by Gasteiger charge is -2.26. The van der Waals surface area contributed by atoms with E-state index in [0.29, 0.717) is 5.29 Å². The SMILES string of the molecule is CCNN1C=NC(NC(C)(C)C#N)N=C1Cl. The molecule has 0 aromatic carbocycles. The van der Waals surface area contributed by atoms with E-state index in [-0.39, 0.29) is 0 Å². The smallest absolute Gasteiger partial charge is 0.217 e. The first kappa shape index (κ1) is 12.9. The molecule has 0 aliphatic carbocycles. The zero-order valence-electron chi connectivity index (χ0n) is 9.53. The molecular formula is C9H15ClN6. The van der Waals surface area contributed by atoms with E-state index in [2.05, 4.69) is 26.8 Å². The third-order valence-corrected chi connectivity index (χ3v) is 2.13. The molecule has 1 unspecified atom stereocenters. The number of amidine groups is 1. The fraction of sp³-hybridized carbons (Fsp3) is 0.667. The van der Waals surface area contributed by atoms with Crippen molar-refractivity contribution in [3.63, 3.8) is 0 Å². The Labute approximate surface area is 100.0 Å². The quantitative estimate of drug-likeness (QED) is 0.709. The minimum Gasteiger partial charge on any atom is -0.259 e. The highest BCUT2D eigenvalue weighted by Crippen LogP contribution is 2.08. The lowest BCUT2D eigenvalue weighted by Crippen LogP contribution is -2.48. The van der Waals surface area contributed by atoms with Gasteiger partial charge in [-0.2, -0.15) is 5.26 Å². The number of nitriles is 1. The van der Waals surface area contributed by atoms with E-state index < -0.39 is 11.8 Å². The third kappa shape index (κ3) is 3.45. The van der Waals surface area contributed by atoms with E-state index in [4.69, 9.17) is 16.9 Å². The van der Waals surface area contributed by atoms with Gasteiger partial charge in [0.05, 0.1) is 6.07 Å². The van der Waals surface area contributed by atoms with Crippen molar-refractivity contribution >= 4 is 23.2 Å². The molecule has 0 aromatic rings. The average molecular weight is 243 g/mol. The third-order valence-electron chi connectivity index (χ3n) is 1.85. The molecular weight excluding hydrogens is 228 g/mol. The summed E-state index contributed by atoms with van der Waals surface area (Å²) in [5.74, 6) is 0. The van der Waals surface area contributed by atoms with Crippen molar-refractivity contribution in [2.45, 2.75) is 32.6 Å². The molecule has 1 aliphatic rings. The molecule has 7 heteroatoms. The first-order valence-corrected chi connectivity index (χ1v) is 5.34. The summed E-state index contributed by atoms with van der Waals surface area (Å²) in [5.41, 5.74) is 2.27. The van der Waals surface area contributed by atoms with Crippen molar-refractivity contribution in [3.8, 4) is 6.07 Å². The first-order valence-electron chi connectivity index (χ1n) is 4.97. The second-order valence-electron chi connectivity index (χ2n) is 3.80. The highest BCUT2D eigenvalue weighted by Gasteiger charge is 2.23. The number of hydrazine groups is 1. The average Bonchev–Trinajstić information content (AvgIpc) is 2.22. The Kier molecular flexibility index (Phi) is 4.24. The highest BCUT2D eigenvalue weighted by molar-refractivity contribution is 6.65. The molecule has 6 nitrogen and oxygen atoms in total. The predicted octanol–water partition coefficient (Wildman–Crippen LogP) is 0.625. The number of nitrogens with one attached hydrogen (secondary N) is 2. The van der Waals surface area contributed by atoms with Crippen molar-refractivity contribution < 1.29 is 0 Å². The Morgan fingerprint density at radius 3 is 2.88 bits per heavy atom. The van der Waals surface area contributed by atoms with Crippen LogP contribution in [0, 0.1) is 11.3 Å². The van der Waals surface area contributed by atoms with E-state index >= 15 is 0 Å². The Balaban J connectivity index is 2.63. The minimum absolute atomic E-state index is 0.295. The maximum atomic E-state index is 8.86. The van der Waals surface area contributed by atoms with Gasteiger partial charge < -0.3 is 0 Å². The maximum absolute atomic E-state index is 8.86. The van der Waals surface area contributed by atoms with Gasteiger partial charge in [-0.05, 0) is 25.4 Å². The lowest BCUT2D eigenvalue weighted by molar-refractivity contribution is 0.392. The number of hydrogen-bond donors (Lipinski definition) is 2. The fourth-order valence-electron chi connectivity index (χ4n) is 1.07. The molecule has 0 saturated heterocycles. The van der Waals surface area contributed by atoms with Crippen LogP contribution in [-0.2, 0) is 0 Å². The van der Waals surface area contributed by atoms with Crippen LogP contribution in [0.1, 0.15) is 20.8 Å². The van der Waals surface area contributed by atoms with E-state index in [1.807, 2.05) is 6.92 Å². The summed E-state index contributed by atoms with van der Waals surface area (Å²) in [6.45, 7) is 6.17. The summed E-state index contributed by atoms with van der Waals surface area (Å²) in [4.78, 5) is 8.22. The normalized spacial score (nSPS) is 20.6. The lowest BCUT2D eigenvalue weighted by atomic mass is 10.1. The standard InChI is InChI=1S/C9H15ClN6/c1-4-13-16-6-12-8(14-7(16)10)15-9(2,3)5-11/h6,8,13,15H,4H2,1-3H3. The van der Waals surface area contributed by atoms with Crippen LogP contribution >= 0.6 is 11.6 Å². The van der Waals surface area contributed by atoms with Gasteiger partial charge in [-0.3, -0.25) is 5.32 Å². The zero-order valence-corrected chi connectivity index (χ0v) is 10.3. The Morgan fingerprint density at radius 2 is 2.38 bits per heavy atom. The summed E-state index contributed by atoms with van der Waals surface area (Å²) >= 11 is 5.93. The number of rotatable bonds is 4. The van der Waals surface area contributed by atoms with E-state index in [1.165, 1.54) is 5.01 Å². The minimum atomic E-state index is -0.691. The molecule has 1 atom stereocenters. The van der Waals surface area contributed by atoms with Crippen LogP contribution in [0.3, 0.4) is 0 Å². The molecule has 1 heterocycles. The van der Waals surface area contributed by atoms with E-state index in [0.717, 1.165) is 6.54 Å². The molecule has 88 valence electrons. The van der Waals surface area contributed by atoms with Crippen LogP contribution in [0.5, 0.6) is 0 Å². The summed E-state index contributed by atoms with van der Waals surface area (Å²) in [5, 5.41) is 13.6. The largest absolute Gasteiger partial charge is 0.259 e. The van der Waals surface area contributed by atoms with E-state index in [9.17, 15) is 0 Å². The van der Waals surface area contributed by atoms with Gasteiger partial charge >= 0.3 is 0 Å². The number of hydrogen-bond acceptors (Lipinski definition) is 6. The molecule has 0 radical (unpaired) electrons. The topological polar surface area (TPSA) is 75.8 Å². The van der Waals surface area contributed by atoms with Crippen molar-refractivity contribution in [3.05, 3.63) is 0 Å². The second-order valence-corrected chi connectivity index (χ2v) is 4.14. The Bertz CT molecular complexity index is 342. The van der Waals surface area contributed by atoms with Crippen molar-refractivity contribution in [2.24, 2.45) is 9.98 Å². The molecule has 0 aromatic heterocycles. The highest BCUT2D eigenvalue weighted by atomic mass is 35.5. The zero-order chi connectivity index (χ0) is 12.2. The van der Waals surface area contributed by atoms with Gasteiger partial charge in [-0.15, -0.1) is 0 Å². The fourth-order valence-corrected chi connectivity index (χ4v) is 1.27. The molecule has 0 spiro atoms. The van der Waals surface area contributed by atoms with Crippen LogP contribution in [0.25, 0.3) is 0 Å². The molecule has 0 bridgehead atoms. The Hall–Kier alpha value is -1.16. The van der Waals surface area contributed by atoms with Gasteiger partial charge in [0.15, 0.2) is 6.29 Å². The van der Waals surface area contributed by atoms with Gasteiger partial charge in [-0.1, -0.05) is 6.92 Å². The first-order chi connectivity index (χ1) is 7.48. The van der Waals surface area contributed by atoms with Gasteiger partial charge in [0.2, 0.25) is 5.29 Å². The summed E-state index contributed by atoms with van der Waals surface area (Å²) in [6, 6.07) is 2.11. The van der Waals surface area contributed by atoms with Gasteiger partial charge in [0.1, 0.15) is 11.9 Å². The molecule has 0 saturated carbocycles. The van der Waals surface area contributed by atoms with Crippen LogP contribution in [0.2, 0.25) is 0 Å². The number of aliphatic imine (C=N–C) groups is 2. The van der Waals surface area contributed by atoms with Crippen LogP contribution in [-0.4, -0.2) is 35.0 Å². The van der Waals surface area contributed by atoms with E-state index in [1.54, 1.807) is 20.2 Å². The molecule has 1 aliphatic heterocycles. The van der Waals surface area contributed by atoms with Gasteiger partial charge in [-0.25, -0.2) is 20.4 Å². The molecule has 0 fully saturated rings. The summed E-state index contributed by atoms with van der Waals surface area (Å²) in [7, 11) is 0. The monoisotopic (exact) mass is 242 g/mol. The number of halogens is 1. The van der Waals surface area contributed by atoms with Crippen LogP contribution < -0.4 is 10.7 Å². The van der Waals surface area contributed by atoms with Gasteiger partial charge in [0, 0.05) is 6.54 Å². The Morgan fingerprint density at radius 1 is 1.69 bits per heavy atom. The summed E-state index contributed by atoms with van der Waals surface area (Å²) in [6.07, 6.45) is 1.03. The van der Waals surface area contributed by atoms with Crippen molar-refractivity contribution in [2.75, 3.05) is 6.54 Å². The van der Waals surface area contributed by atoms with Crippen LogP contribution in [0.15, 0.2) is 9.98 Å².